The van der Waals surface area contributed by atoms with Gasteiger partial charge in [0.25, 0.3) is 0 Å². The standard InChI is InChI=1S/C13H13ClN4/c14-13-16-11-8-18(7-10(11)12(15)17-13)6-9-4-2-1-3-5-9/h1-5H,6-8H2,(H2,15,16,17). The third kappa shape index (κ3) is 2.17. The molecule has 1 aliphatic heterocycles. The molecule has 0 radical (unpaired) electrons. The van der Waals surface area contributed by atoms with Gasteiger partial charge in [-0.2, -0.15) is 0 Å². The zero-order chi connectivity index (χ0) is 12.5. The van der Waals surface area contributed by atoms with Gasteiger partial charge in [0.2, 0.25) is 5.28 Å². The van der Waals surface area contributed by atoms with E-state index in [0.29, 0.717) is 5.82 Å². The highest BCUT2D eigenvalue weighted by molar-refractivity contribution is 6.28. The van der Waals surface area contributed by atoms with E-state index in [1.54, 1.807) is 0 Å². The van der Waals surface area contributed by atoms with E-state index in [-0.39, 0.29) is 5.28 Å². The Balaban J connectivity index is 1.79. The normalized spacial score (nSPS) is 14.7. The summed E-state index contributed by atoms with van der Waals surface area (Å²) in [5.74, 6) is 0.501. The number of benzene rings is 1. The molecule has 2 aromatic rings. The molecule has 0 spiro atoms. The molecule has 1 aromatic carbocycles. The number of halogens is 1. The third-order valence-corrected chi connectivity index (χ3v) is 3.27. The predicted molar refractivity (Wildman–Crippen MR) is 70.8 cm³/mol. The quantitative estimate of drug-likeness (QED) is 0.842. The monoisotopic (exact) mass is 260 g/mol. The molecule has 2 heterocycles. The van der Waals surface area contributed by atoms with Crippen LogP contribution < -0.4 is 5.73 Å². The molecule has 92 valence electrons. The minimum atomic E-state index is 0.229. The van der Waals surface area contributed by atoms with Crippen LogP contribution in [0.15, 0.2) is 30.3 Å². The average molecular weight is 261 g/mol. The Hall–Kier alpha value is -1.65. The summed E-state index contributed by atoms with van der Waals surface area (Å²) in [6, 6.07) is 10.3. The predicted octanol–water partition coefficient (Wildman–Crippen LogP) is 2.23. The number of nitrogen functional groups attached to an aromatic ring is 1. The summed E-state index contributed by atoms with van der Waals surface area (Å²) in [4.78, 5) is 10.5. The molecule has 4 nitrogen and oxygen atoms in total. The van der Waals surface area contributed by atoms with Gasteiger partial charge in [0.1, 0.15) is 5.82 Å². The number of hydrogen-bond acceptors (Lipinski definition) is 4. The smallest absolute Gasteiger partial charge is 0.224 e. The van der Waals surface area contributed by atoms with E-state index in [4.69, 9.17) is 17.3 Å². The van der Waals surface area contributed by atoms with Crippen LogP contribution in [0.3, 0.4) is 0 Å². The van der Waals surface area contributed by atoms with E-state index < -0.39 is 0 Å². The molecule has 18 heavy (non-hydrogen) atoms. The number of aromatic nitrogens is 2. The van der Waals surface area contributed by atoms with Crippen molar-refractivity contribution in [2.24, 2.45) is 0 Å². The molecule has 0 amide bonds. The van der Waals surface area contributed by atoms with Gasteiger partial charge in [-0.25, -0.2) is 9.97 Å². The first-order valence-corrected chi connectivity index (χ1v) is 6.17. The van der Waals surface area contributed by atoms with E-state index in [1.165, 1.54) is 5.56 Å². The summed E-state index contributed by atoms with van der Waals surface area (Å²) < 4.78 is 0. The number of nitrogens with two attached hydrogens (primary N) is 1. The van der Waals surface area contributed by atoms with Gasteiger partial charge in [-0.15, -0.1) is 0 Å². The number of rotatable bonds is 2. The average Bonchev–Trinajstić information content (AvgIpc) is 2.73. The van der Waals surface area contributed by atoms with Crippen LogP contribution in [0.4, 0.5) is 5.82 Å². The topological polar surface area (TPSA) is 55.0 Å². The molecule has 0 unspecified atom stereocenters. The van der Waals surface area contributed by atoms with Crippen LogP contribution in [0.1, 0.15) is 16.8 Å². The lowest BCUT2D eigenvalue weighted by Gasteiger charge is -2.14. The van der Waals surface area contributed by atoms with Gasteiger partial charge in [0, 0.05) is 25.2 Å². The number of hydrogen-bond donors (Lipinski definition) is 1. The van der Waals surface area contributed by atoms with Crippen molar-refractivity contribution in [2.75, 3.05) is 5.73 Å². The van der Waals surface area contributed by atoms with E-state index in [2.05, 4.69) is 27.0 Å². The zero-order valence-corrected chi connectivity index (χ0v) is 10.6. The molecule has 0 bridgehead atoms. The number of anilines is 1. The summed E-state index contributed by atoms with van der Waals surface area (Å²) in [6.45, 7) is 2.44. The SMILES string of the molecule is Nc1nc(Cl)nc2c1CN(Cc1ccccc1)C2. The van der Waals surface area contributed by atoms with Crippen molar-refractivity contribution < 1.29 is 0 Å². The van der Waals surface area contributed by atoms with Crippen LogP contribution in [0, 0.1) is 0 Å². The van der Waals surface area contributed by atoms with Crippen molar-refractivity contribution in [3.63, 3.8) is 0 Å². The molecule has 0 aliphatic carbocycles. The maximum absolute atomic E-state index is 5.87. The molecule has 0 saturated heterocycles. The fraction of sp³-hybridized carbons (Fsp3) is 0.231. The maximum atomic E-state index is 5.87. The Morgan fingerprint density at radius 2 is 1.94 bits per heavy atom. The van der Waals surface area contributed by atoms with Crippen LogP contribution in [-0.4, -0.2) is 14.9 Å². The van der Waals surface area contributed by atoms with Crippen LogP contribution >= 0.6 is 11.6 Å². The zero-order valence-electron chi connectivity index (χ0n) is 9.81. The van der Waals surface area contributed by atoms with Crippen LogP contribution in [0.2, 0.25) is 5.28 Å². The number of fused-ring (bicyclic) bond motifs is 1. The summed E-state index contributed by atoms with van der Waals surface area (Å²) >= 11 is 5.82. The van der Waals surface area contributed by atoms with Gasteiger partial charge in [0.05, 0.1) is 5.69 Å². The maximum Gasteiger partial charge on any atom is 0.224 e. The Morgan fingerprint density at radius 3 is 2.72 bits per heavy atom. The first-order chi connectivity index (χ1) is 8.72. The van der Waals surface area contributed by atoms with Crippen molar-refractivity contribution in [2.45, 2.75) is 19.6 Å². The largest absolute Gasteiger partial charge is 0.383 e. The first kappa shape index (κ1) is 11.4. The highest BCUT2D eigenvalue weighted by Gasteiger charge is 2.23. The van der Waals surface area contributed by atoms with Crippen molar-refractivity contribution in [3.05, 3.63) is 52.4 Å². The second-order valence-electron chi connectivity index (χ2n) is 4.43. The second kappa shape index (κ2) is 4.55. The molecule has 0 saturated carbocycles. The minimum Gasteiger partial charge on any atom is -0.383 e. The third-order valence-electron chi connectivity index (χ3n) is 3.10. The van der Waals surface area contributed by atoms with Crippen molar-refractivity contribution >= 4 is 17.4 Å². The molecule has 1 aromatic heterocycles. The fourth-order valence-corrected chi connectivity index (χ4v) is 2.46. The summed E-state index contributed by atoms with van der Waals surface area (Å²) in [7, 11) is 0. The lowest BCUT2D eigenvalue weighted by atomic mass is 10.2. The van der Waals surface area contributed by atoms with Gasteiger partial charge in [-0.3, -0.25) is 4.90 Å². The van der Waals surface area contributed by atoms with Crippen molar-refractivity contribution in [1.82, 2.24) is 14.9 Å². The fourth-order valence-electron chi connectivity index (χ4n) is 2.27. The van der Waals surface area contributed by atoms with E-state index in [1.807, 2.05) is 18.2 Å². The molecule has 0 atom stereocenters. The Morgan fingerprint density at radius 1 is 1.17 bits per heavy atom. The molecule has 5 heteroatoms. The Labute approximate surface area is 110 Å². The van der Waals surface area contributed by atoms with Gasteiger partial charge < -0.3 is 5.73 Å². The van der Waals surface area contributed by atoms with E-state index >= 15 is 0 Å². The van der Waals surface area contributed by atoms with Gasteiger partial charge in [0.15, 0.2) is 0 Å². The van der Waals surface area contributed by atoms with Crippen molar-refractivity contribution in [1.29, 1.82) is 0 Å². The van der Waals surface area contributed by atoms with Gasteiger partial charge in [-0.05, 0) is 17.2 Å². The molecular formula is C13H13ClN4. The van der Waals surface area contributed by atoms with E-state index in [0.717, 1.165) is 30.9 Å². The van der Waals surface area contributed by atoms with Crippen LogP contribution in [0.25, 0.3) is 0 Å². The molecule has 0 fully saturated rings. The lowest BCUT2D eigenvalue weighted by molar-refractivity contribution is 0.274. The number of nitrogens with zero attached hydrogens (tertiary/aromatic N) is 3. The Kier molecular flexibility index (Phi) is 2.89. The molecule has 3 rings (SSSR count). The summed E-state index contributed by atoms with van der Waals surface area (Å²) in [5.41, 5.74) is 9.10. The van der Waals surface area contributed by atoms with Crippen LogP contribution in [-0.2, 0) is 19.6 Å². The van der Waals surface area contributed by atoms with Gasteiger partial charge >= 0.3 is 0 Å². The highest BCUT2D eigenvalue weighted by Crippen LogP contribution is 2.27. The molecular weight excluding hydrogens is 248 g/mol. The summed E-state index contributed by atoms with van der Waals surface area (Å²) in [5, 5.41) is 0.229. The summed E-state index contributed by atoms with van der Waals surface area (Å²) in [6.07, 6.45) is 0. The molecule has 1 aliphatic rings. The lowest BCUT2D eigenvalue weighted by Crippen LogP contribution is -2.15. The van der Waals surface area contributed by atoms with Gasteiger partial charge in [-0.1, -0.05) is 30.3 Å². The van der Waals surface area contributed by atoms with E-state index in [9.17, 15) is 0 Å². The molecule has 2 N–H and O–H groups in total. The minimum absolute atomic E-state index is 0.229. The highest BCUT2D eigenvalue weighted by atomic mass is 35.5. The second-order valence-corrected chi connectivity index (χ2v) is 4.77. The van der Waals surface area contributed by atoms with Crippen LogP contribution in [0.5, 0.6) is 0 Å². The Bertz CT molecular complexity index is 571. The first-order valence-electron chi connectivity index (χ1n) is 5.79. The van der Waals surface area contributed by atoms with Crippen molar-refractivity contribution in [3.8, 4) is 0 Å².